The van der Waals surface area contributed by atoms with Crippen LogP contribution in [-0.2, 0) is 0 Å². The molecule has 4 nitrogen and oxygen atoms in total. The summed E-state index contributed by atoms with van der Waals surface area (Å²) in [5.41, 5.74) is 2.07. The molecule has 0 atom stereocenters. The van der Waals surface area contributed by atoms with Gasteiger partial charge in [0.05, 0.1) is 21.4 Å². The van der Waals surface area contributed by atoms with Gasteiger partial charge < -0.3 is 5.32 Å². The van der Waals surface area contributed by atoms with Crippen LogP contribution in [0.4, 0.5) is 5.69 Å². The van der Waals surface area contributed by atoms with Crippen molar-refractivity contribution in [1.82, 2.24) is 9.38 Å². The third kappa shape index (κ3) is 2.65. The molecular weight excluding hydrogens is 345 g/mol. The predicted molar refractivity (Wildman–Crippen MR) is 89.4 cm³/mol. The highest BCUT2D eigenvalue weighted by Gasteiger charge is 2.18. The van der Waals surface area contributed by atoms with Crippen LogP contribution >= 0.6 is 34.8 Å². The van der Waals surface area contributed by atoms with Gasteiger partial charge in [0.2, 0.25) is 0 Å². The van der Waals surface area contributed by atoms with Crippen LogP contribution < -0.4 is 5.32 Å². The molecule has 2 aromatic heterocycles. The summed E-state index contributed by atoms with van der Waals surface area (Å²) in [6.45, 7) is 1.76. The first-order chi connectivity index (χ1) is 10.5. The summed E-state index contributed by atoms with van der Waals surface area (Å²) < 4.78 is 1.68. The van der Waals surface area contributed by atoms with E-state index >= 15 is 0 Å². The molecule has 0 aliphatic rings. The number of fused-ring (bicyclic) bond motifs is 1. The molecule has 0 aliphatic carbocycles. The maximum Gasteiger partial charge on any atom is 0.274 e. The Labute approximate surface area is 141 Å². The van der Waals surface area contributed by atoms with Gasteiger partial charge in [0.1, 0.15) is 11.3 Å². The van der Waals surface area contributed by atoms with E-state index in [-0.39, 0.29) is 5.91 Å². The van der Waals surface area contributed by atoms with Crippen molar-refractivity contribution in [2.75, 3.05) is 5.32 Å². The predicted octanol–water partition coefficient (Wildman–Crippen LogP) is 4.86. The lowest BCUT2D eigenvalue weighted by atomic mass is 10.2. The second-order valence-corrected chi connectivity index (χ2v) is 5.90. The molecule has 0 radical (unpaired) electrons. The van der Waals surface area contributed by atoms with E-state index in [9.17, 15) is 4.79 Å². The van der Waals surface area contributed by atoms with E-state index in [4.69, 9.17) is 34.8 Å². The monoisotopic (exact) mass is 353 g/mol. The van der Waals surface area contributed by atoms with E-state index in [2.05, 4.69) is 10.3 Å². The zero-order valence-electron chi connectivity index (χ0n) is 11.4. The summed E-state index contributed by atoms with van der Waals surface area (Å²) >= 11 is 18.0. The molecule has 3 rings (SSSR count). The summed E-state index contributed by atoms with van der Waals surface area (Å²) in [5.74, 6) is -0.323. The third-order valence-corrected chi connectivity index (χ3v) is 4.23. The Morgan fingerprint density at radius 1 is 1.23 bits per heavy atom. The molecule has 0 spiro atoms. The lowest BCUT2D eigenvalue weighted by molar-refractivity contribution is 0.102. The van der Waals surface area contributed by atoms with Crippen molar-refractivity contribution < 1.29 is 4.79 Å². The Morgan fingerprint density at radius 2 is 2.00 bits per heavy atom. The topological polar surface area (TPSA) is 46.4 Å². The molecule has 1 amide bonds. The van der Waals surface area contributed by atoms with E-state index in [1.807, 2.05) is 0 Å². The summed E-state index contributed by atoms with van der Waals surface area (Å²) in [4.78, 5) is 16.9. The minimum atomic E-state index is -0.323. The van der Waals surface area contributed by atoms with Crippen LogP contribution in [0.2, 0.25) is 15.1 Å². The number of hydrogen-bond donors (Lipinski definition) is 1. The second kappa shape index (κ2) is 5.80. The fourth-order valence-electron chi connectivity index (χ4n) is 2.19. The number of amides is 1. The molecule has 1 N–H and O–H groups in total. The first-order valence-corrected chi connectivity index (χ1v) is 7.50. The van der Waals surface area contributed by atoms with Crippen LogP contribution in [0.25, 0.3) is 5.65 Å². The number of hydrogen-bond acceptors (Lipinski definition) is 2. The van der Waals surface area contributed by atoms with Crippen molar-refractivity contribution in [3.63, 3.8) is 0 Å². The summed E-state index contributed by atoms with van der Waals surface area (Å²) in [7, 11) is 0. The number of imidazole rings is 1. The van der Waals surface area contributed by atoms with Gasteiger partial charge in [-0.1, -0.05) is 40.9 Å². The number of nitrogens with one attached hydrogen (secondary N) is 1. The Balaban J connectivity index is 2.02. The molecule has 0 saturated carbocycles. The summed E-state index contributed by atoms with van der Waals surface area (Å²) in [5, 5.41) is 3.98. The molecule has 7 heteroatoms. The van der Waals surface area contributed by atoms with Gasteiger partial charge in [-0.3, -0.25) is 9.20 Å². The maximum absolute atomic E-state index is 12.6. The van der Waals surface area contributed by atoms with Crippen LogP contribution in [0.1, 0.15) is 16.2 Å². The number of carbonyl (C=O) groups is 1. The van der Waals surface area contributed by atoms with Gasteiger partial charge in [-0.15, -0.1) is 0 Å². The van der Waals surface area contributed by atoms with Crippen LogP contribution in [0.3, 0.4) is 0 Å². The number of benzene rings is 1. The Morgan fingerprint density at radius 3 is 2.77 bits per heavy atom. The number of carbonyl (C=O) groups excluding carboxylic acids is 1. The Hall–Kier alpha value is -1.75. The highest BCUT2D eigenvalue weighted by Crippen LogP contribution is 2.30. The zero-order valence-corrected chi connectivity index (χ0v) is 13.7. The number of aryl methyl sites for hydroxylation is 1. The van der Waals surface area contributed by atoms with Gasteiger partial charge in [0.15, 0.2) is 0 Å². The maximum atomic E-state index is 12.6. The molecule has 22 heavy (non-hydrogen) atoms. The van der Waals surface area contributed by atoms with Crippen molar-refractivity contribution in [2.45, 2.75) is 6.92 Å². The lowest BCUT2D eigenvalue weighted by Crippen LogP contribution is -2.15. The average Bonchev–Trinajstić information content (AvgIpc) is 2.78. The van der Waals surface area contributed by atoms with E-state index in [0.29, 0.717) is 37.8 Å². The molecule has 0 fully saturated rings. The fraction of sp³-hybridized carbons (Fsp3) is 0.0667. The molecule has 0 aliphatic heterocycles. The molecular formula is C15H10Cl3N3O. The number of rotatable bonds is 2. The number of pyridine rings is 1. The van der Waals surface area contributed by atoms with Crippen LogP contribution in [0.5, 0.6) is 0 Å². The van der Waals surface area contributed by atoms with Crippen LogP contribution in [0, 0.1) is 6.92 Å². The average molecular weight is 355 g/mol. The van der Waals surface area contributed by atoms with Crippen molar-refractivity contribution in [1.29, 1.82) is 0 Å². The zero-order chi connectivity index (χ0) is 15.9. The molecule has 0 bridgehead atoms. The first kappa shape index (κ1) is 15.2. The fourth-order valence-corrected chi connectivity index (χ4v) is 2.69. The lowest BCUT2D eigenvalue weighted by Gasteiger charge is -2.08. The number of aromatic nitrogens is 2. The van der Waals surface area contributed by atoms with Crippen molar-refractivity contribution in [2.24, 2.45) is 0 Å². The largest absolute Gasteiger partial charge is 0.319 e. The molecule has 2 heterocycles. The Bertz CT molecular complexity index is 889. The van der Waals surface area contributed by atoms with Gasteiger partial charge in [-0.2, -0.15) is 0 Å². The highest BCUT2D eigenvalue weighted by molar-refractivity contribution is 6.44. The number of nitrogens with zero attached hydrogens (tertiary/aromatic N) is 2. The minimum absolute atomic E-state index is 0.298. The van der Waals surface area contributed by atoms with Crippen LogP contribution in [0.15, 0.2) is 36.5 Å². The SMILES string of the molecule is Cc1nc2cc(Cl)ccn2c1C(=O)Nc1cccc(Cl)c1Cl. The van der Waals surface area contributed by atoms with E-state index in [1.165, 1.54) is 0 Å². The van der Waals surface area contributed by atoms with Gasteiger partial charge in [0, 0.05) is 17.3 Å². The van der Waals surface area contributed by atoms with Crippen molar-refractivity contribution in [3.8, 4) is 0 Å². The smallest absolute Gasteiger partial charge is 0.274 e. The van der Waals surface area contributed by atoms with Gasteiger partial charge in [-0.05, 0) is 25.1 Å². The third-order valence-electron chi connectivity index (χ3n) is 3.18. The standard InChI is InChI=1S/C15H10Cl3N3O/c1-8-14(21-6-5-9(16)7-12(21)19-8)15(22)20-11-4-2-3-10(17)13(11)18/h2-7H,1H3,(H,20,22). The molecule has 112 valence electrons. The Kier molecular flexibility index (Phi) is 4.00. The van der Waals surface area contributed by atoms with Crippen molar-refractivity contribution >= 4 is 52.0 Å². The van der Waals surface area contributed by atoms with Crippen molar-refractivity contribution in [3.05, 3.63) is 63.0 Å². The molecule has 0 unspecified atom stereocenters. The quantitative estimate of drug-likeness (QED) is 0.714. The molecule has 3 aromatic rings. The van der Waals surface area contributed by atoms with Gasteiger partial charge in [-0.25, -0.2) is 4.98 Å². The molecule has 0 saturated heterocycles. The van der Waals surface area contributed by atoms with E-state index in [0.717, 1.165) is 0 Å². The summed E-state index contributed by atoms with van der Waals surface area (Å²) in [6.07, 6.45) is 1.70. The number of halogens is 3. The van der Waals surface area contributed by atoms with E-state index in [1.54, 1.807) is 47.9 Å². The first-order valence-electron chi connectivity index (χ1n) is 6.37. The van der Waals surface area contributed by atoms with E-state index < -0.39 is 0 Å². The highest BCUT2D eigenvalue weighted by atomic mass is 35.5. The minimum Gasteiger partial charge on any atom is -0.319 e. The van der Waals surface area contributed by atoms with Gasteiger partial charge in [0.25, 0.3) is 5.91 Å². The van der Waals surface area contributed by atoms with Gasteiger partial charge >= 0.3 is 0 Å². The molecule has 1 aromatic carbocycles. The number of anilines is 1. The second-order valence-electron chi connectivity index (χ2n) is 4.67. The normalized spacial score (nSPS) is 10.9. The summed E-state index contributed by atoms with van der Waals surface area (Å²) in [6, 6.07) is 8.43. The van der Waals surface area contributed by atoms with Crippen LogP contribution in [-0.4, -0.2) is 15.3 Å².